The van der Waals surface area contributed by atoms with Gasteiger partial charge < -0.3 is 0 Å². The van der Waals surface area contributed by atoms with Crippen molar-refractivity contribution in [2.45, 2.75) is 72.1 Å². The van der Waals surface area contributed by atoms with Gasteiger partial charge in [-0.25, -0.2) is 15.0 Å². The normalized spacial score (nSPS) is 25.6. The summed E-state index contributed by atoms with van der Waals surface area (Å²) in [6.07, 6.45) is 21.0. The van der Waals surface area contributed by atoms with Crippen LogP contribution in [0.4, 0.5) is 0 Å². The lowest BCUT2D eigenvalue weighted by atomic mass is 9.43. The van der Waals surface area contributed by atoms with Gasteiger partial charge in [-0.2, -0.15) is 0 Å². The van der Waals surface area contributed by atoms with Gasteiger partial charge in [-0.3, -0.25) is 0 Å². The second-order valence-electron chi connectivity index (χ2n) is 16.2. The summed E-state index contributed by atoms with van der Waals surface area (Å²) in [6.45, 7) is 19.2. The minimum absolute atomic E-state index is 0.0201. The average molecular weight is 656 g/mol. The molecule has 0 saturated heterocycles. The van der Waals surface area contributed by atoms with Gasteiger partial charge in [0.25, 0.3) is 0 Å². The van der Waals surface area contributed by atoms with E-state index in [9.17, 15) is 0 Å². The van der Waals surface area contributed by atoms with E-state index in [1.807, 2.05) is 31.2 Å². The fraction of sp³-hybridized carbons (Fsp3) is 0.340. The minimum Gasteiger partial charge on any atom is -0.208 e. The Kier molecular flexibility index (Phi) is 8.01. The molecule has 1 heterocycles. The van der Waals surface area contributed by atoms with Crippen molar-refractivity contribution in [3.8, 4) is 22.5 Å². The van der Waals surface area contributed by atoms with Crippen molar-refractivity contribution in [1.82, 2.24) is 15.0 Å². The lowest BCUT2D eigenvalue weighted by Gasteiger charge is -2.61. The quantitative estimate of drug-likeness (QED) is 0.186. The van der Waals surface area contributed by atoms with E-state index in [4.69, 9.17) is 15.0 Å². The van der Waals surface area contributed by atoms with Gasteiger partial charge in [0.2, 0.25) is 0 Å². The molecule has 5 aliphatic rings. The van der Waals surface area contributed by atoms with Crippen LogP contribution in [-0.2, 0) is 5.41 Å². The number of hydrogen-bond donors (Lipinski definition) is 0. The molecule has 0 unspecified atom stereocenters. The van der Waals surface area contributed by atoms with E-state index in [1.165, 1.54) is 65.1 Å². The number of aromatic nitrogens is 3. The van der Waals surface area contributed by atoms with Gasteiger partial charge in [0.1, 0.15) is 0 Å². The Morgan fingerprint density at radius 1 is 0.800 bits per heavy atom. The highest BCUT2D eigenvalue weighted by atomic mass is 15.0. The topological polar surface area (TPSA) is 38.7 Å². The molecule has 0 amide bonds. The van der Waals surface area contributed by atoms with E-state index in [0.717, 1.165) is 28.5 Å². The maximum Gasteiger partial charge on any atom is 0.164 e. The summed E-state index contributed by atoms with van der Waals surface area (Å²) in [6, 6.07) is 21.0. The molecule has 9 rings (SSSR count). The molecule has 0 aliphatic heterocycles. The first kappa shape index (κ1) is 32.6. The van der Waals surface area contributed by atoms with Crippen LogP contribution in [0.25, 0.3) is 44.4 Å². The van der Waals surface area contributed by atoms with Crippen LogP contribution in [-0.4, -0.2) is 15.0 Å². The molecule has 3 aromatic carbocycles. The molecule has 0 N–H and O–H groups in total. The third-order valence-electron chi connectivity index (χ3n) is 12.3. The lowest BCUT2D eigenvalue weighted by molar-refractivity contribution is -0.0399. The summed E-state index contributed by atoms with van der Waals surface area (Å²) < 4.78 is 0. The number of benzene rings is 3. The first-order valence-electron chi connectivity index (χ1n) is 18.6. The minimum atomic E-state index is 0.0201. The highest BCUT2D eigenvalue weighted by Gasteiger charge is 2.61. The highest BCUT2D eigenvalue weighted by Crippen LogP contribution is 2.70. The summed E-state index contributed by atoms with van der Waals surface area (Å²) in [5.41, 5.74) is 9.88. The van der Waals surface area contributed by atoms with Crippen molar-refractivity contribution in [2.75, 3.05) is 0 Å². The number of hydrogen-bond acceptors (Lipinski definition) is 3. The second-order valence-corrected chi connectivity index (χ2v) is 16.2. The number of nitrogens with zero attached hydrogens (tertiary/aromatic N) is 3. The van der Waals surface area contributed by atoms with Crippen molar-refractivity contribution >= 4 is 21.9 Å². The Morgan fingerprint density at radius 2 is 1.50 bits per heavy atom. The van der Waals surface area contributed by atoms with Crippen LogP contribution in [0.5, 0.6) is 0 Å². The second kappa shape index (κ2) is 12.3. The van der Waals surface area contributed by atoms with Crippen molar-refractivity contribution in [2.24, 2.45) is 29.1 Å². The van der Waals surface area contributed by atoms with Gasteiger partial charge in [-0.05, 0) is 120 Å². The van der Waals surface area contributed by atoms with Gasteiger partial charge in [0.05, 0.1) is 0 Å². The third-order valence-corrected chi connectivity index (χ3v) is 12.3. The molecule has 0 radical (unpaired) electrons. The number of allylic oxidation sites excluding steroid dienone is 10. The van der Waals surface area contributed by atoms with Crippen LogP contribution in [0.3, 0.4) is 0 Å². The highest BCUT2D eigenvalue weighted by molar-refractivity contribution is 6.03. The van der Waals surface area contributed by atoms with Crippen LogP contribution < -0.4 is 0 Å². The van der Waals surface area contributed by atoms with E-state index in [-0.39, 0.29) is 10.8 Å². The number of rotatable bonds is 7. The van der Waals surface area contributed by atoms with Crippen LogP contribution in [0.2, 0.25) is 0 Å². The van der Waals surface area contributed by atoms with Crippen LogP contribution in [0.1, 0.15) is 89.5 Å². The molecule has 4 fully saturated rings. The molecule has 5 aliphatic carbocycles. The summed E-state index contributed by atoms with van der Waals surface area (Å²) in [7, 11) is 0. The zero-order valence-corrected chi connectivity index (χ0v) is 30.3. The smallest absolute Gasteiger partial charge is 0.164 e. The molecular weight excluding hydrogens is 607 g/mol. The molecule has 4 saturated carbocycles. The SMILES string of the molecule is C=C/C=C(\C=C/C)c1nc(C(=C)/C=C\C(=C/C)C(C)(C)C)nc(-c2ccc3c(c2)-c2c(ccc4ccccc24)C32C3CC4CC(C3)CC2C4)n1. The van der Waals surface area contributed by atoms with Gasteiger partial charge in [-0.1, -0.05) is 125 Å². The number of fused-ring (bicyclic) bond motifs is 5. The first-order valence-corrected chi connectivity index (χ1v) is 18.6. The van der Waals surface area contributed by atoms with Crippen molar-refractivity contribution < 1.29 is 0 Å². The predicted molar refractivity (Wildman–Crippen MR) is 210 cm³/mol. The third kappa shape index (κ3) is 5.12. The maximum atomic E-state index is 5.13. The molecule has 1 spiro atoms. The molecule has 3 heteroatoms. The van der Waals surface area contributed by atoms with Crippen LogP contribution >= 0.6 is 0 Å². The van der Waals surface area contributed by atoms with Gasteiger partial charge >= 0.3 is 0 Å². The molecule has 3 nitrogen and oxygen atoms in total. The van der Waals surface area contributed by atoms with Crippen molar-refractivity contribution in [3.63, 3.8) is 0 Å². The molecule has 1 aromatic heterocycles. The largest absolute Gasteiger partial charge is 0.208 e. The monoisotopic (exact) mass is 655 g/mol. The molecule has 50 heavy (non-hydrogen) atoms. The Hall–Kier alpha value is -4.63. The van der Waals surface area contributed by atoms with E-state index in [2.05, 4.69) is 108 Å². The van der Waals surface area contributed by atoms with Crippen LogP contribution in [0.15, 0.2) is 116 Å². The Morgan fingerprint density at radius 3 is 2.18 bits per heavy atom. The lowest BCUT2D eigenvalue weighted by Crippen LogP contribution is -2.55. The molecule has 0 atom stereocenters. The zero-order valence-electron chi connectivity index (χ0n) is 30.3. The van der Waals surface area contributed by atoms with E-state index < -0.39 is 0 Å². The van der Waals surface area contributed by atoms with Crippen LogP contribution in [0, 0.1) is 29.1 Å². The fourth-order valence-electron chi connectivity index (χ4n) is 10.4. The van der Waals surface area contributed by atoms with Crippen molar-refractivity contribution in [3.05, 3.63) is 139 Å². The van der Waals surface area contributed by atoms with Gasteiger partial charge in [-0.15, -0.1) is 0 Å². The van der Waals surface area contributed by atoms with E-state index in [0.29, 0.717) is 29.3 Å². The van der Waals surface area contributed by atoms with E-state index >= 15 is 0 Å². The van der Waals surface area contributed by atoms with Crippen molar-refractivity contribution in [1.29, 1.82) is 0 Å². The molecular formula is C47H49N3. The molecule has 252 valence electrons. The van der Waals surface area contributed by atoms with Gasteiger partial charge in [0.15, 0.2) is 17.5 Å². The summed E-state index contributed by atoms with van der Waals surface area (Å²) in [5, 5.41) is 2.66. The Balaban J connectivity index is 1.31. The molecule has 4 aromatic rings. The summed E-state index contributed by atoms with van der Waals surface area (Å²) in [4.78, 5) is 15.2. The molecule has 4 bridgehead atoms. The summed E-state index contributed by atoms with van der Waals surface area (Å²) in [5.74, 6) is 5.08. The average Bonchev–Trinajstić information content (AvgIpc) is 3.40. The first-order chi connectivity index (χ1) is 24.1. The Labute approximate surface area is 298 Å². The Bertz CT molecular complexity index is 2140. The van der Waals surface area contributed by atoms with E-state index in [1.54, 1.807) is 11.6 Å². The zero-order chi connectivity index (χ0) is 34.8. The maximum absolute atomic E-state index is 5.13. The fourth-order valence-corrected chi connectivity index (χ4v) is 10.4. The summed E-state index contributed by atoms with van der Waals surface area (Å²) >= 11 is 0. The predicted octanol–water partition coefficient (Wildman–Crippen LogP) is 12.1. The van der Waals surface area contributed by atoms with Gasteiger partial charge in [0, 0.05) is 22.1 Å². The standard InChI is InChI=1S/C47H49N3/c1-8-13-33(14-9-2)44-48-43(29(4)17-20-35(10-3)46(5,6)7)49-45(50-44)34-19-21-40-39(28-34)42-38-16-12-11-15-32(38)18-22-41(42)47(40)36-24-30-23-31(26-36)27-37(47)25-30/h8-22,28,30-31,36-37H,1,4,23-27H2,2-3,5-7H3/b14-9-,20-17-,33-13+,35-10+.